The maximum atomic E-state index is 12.6. The third-order valence-corrected chi connectivity index (χ3v) is 7.94. The molecule has 9 heteroatoms. The number of fused-ring (bicyclic) bond motifs is 3. The molecule has 2 aliphatic heterocycles. The van der Waals surface area contributed by atoms with Crippen molar-refractivity contribution in [1.29, 1.82) is 0 Å². The summed E-state index contributed by atoms with van der Waals surface area (Å²) in [5.74, 6) is -0.314. The molecule has 3 aromatic rings. The van der Waals surface area contributed by atoms with E-state index in [1.54, 1.807) is 7.05 Å². The second kappa shape index (κ2) is 9.97. The molecule has 1 aromatic heterocycles. The molecule has 9 nitrogen and oxygen atoms in total. The van der Waals surface area contributed by atoms with Gasteiger partial charge in [0, 0.05) is 24.4 Å². The molecule has 2 aromatic carbocycles. The maximum Gasteiger partial charge on any atom is 0.413 e. The van der Waals surface area contributed by atoms with E-state index in [1.165, 1.54) is 10.2 Å². The Morgan fingerprint density at radius 3 is 2.43 bits per heavy atom. The molecule has 1 amide bonds. The van der Waals surface area contributed by atoms with E-state index in [2.05, 4.69) is 27.8 Å². The van der Waals surface area contributed by atoms with Crippen LogP contribution >= 0.6 is 0 Å². The van der Waals surface area contributed by atoms with E-state index in [9.17, 15) is 9.59 Å². The second-order valence-electron chi connectivity index (χ2n) is 10.2. The second-order valence-corrected chi connectivity index (χ2v) is 10.2. The Kier molecular flexibility index (Phi) is 6.72. The number of carboxylic acid groups (broad SMARTS) is 1. The number of aliphatic carboxylic acids is 1. The van der Waals surface area contributed by atoms with E-state index < -0.39 is 18.2 Å². The zero-order valence-corrected chi connectivity index (χ0v) is 21.1. The number of carbonyl (C=O) groups is 2. The summed E-state index contributed by atoms with van der Waals surface area (Å²) < 4.78 is 13.3. The predicted octanol–water partition coefficient (Wildman–Crippen LogP) is 5.24. The molecule has 2 saturated heterocycles. The summed E-state index contributed by atoms with van der Waals surface area (Å²) in [6, 6.07) is 17.7. The van der Waals surface area contributed by atoms with Crippen LogP contribution in [0.15, 0.2) is 54.6 Å². The van der Waals surface area contributed by atoms with E-state index in [1.807, 2.05) is 49.4 Å². The summed E-state index contributed by atoms with van der Waals surface area (Å²) in [6.45, 7) is 2.43. The average molecular weight is 505 g/mol. The first-order valence-corrected chi connectivity index (χ1v) is 12.7. The highest BCUT2D eigenvalue weighted by atomic mass is 16.6. The molecule has 1 aliphatic carbocycles. The lowest BCUT2D eigenvalue weighted by Crippen LogP contribution is -2.53. The number of nitrogens with one attached hydrogen (secondary N) is 1. The number of rotatable bonds is 8. The summed E-state index contributed by atoms with van der Waals surface area (Å²) in [5.41, 5.74) is 3.17. The fourth-order valence-electron chi connectivity index (χ4n) is 5.55. The van der Waals surface area contributed by atoms with Crippen LogP contribution in [-0.4, -0.2) is 44.4 Å². The lowest BCUT2D eigenvalue weighted by Gasteiger charge is -2.53. The van der Waals surface area contributed by atoms with Gasteiger partial charge in [-0.3, -0.25) is 10.1 Å². The minimum atomic E-state index is -0.771. The molecule has 1 atom stereocenters. The van der Waals surface area contributed by atoms with Crippen LogP contribution in [0.25, 0.3) is 11.3 Å². The van der Waals surface area contributed by atoms with Crippen molar-refractivity contribution >= 4 is 17.9 Å². The summed E-state index contributed by atoms with van der Waals surface area (Å²) in [6.07, 6.45) is 3.46. The molecule has 1 saturated carbocycles. The van der Waals surface area contributed by atoms with Crippen molar-refractivity contribution in [2.45, 2.75) is 62.6 Å². The zero-order chi connectivity index (χ0) is 26.0. The van der Waals surface area contributed by atoms with Crippen molar-refractivity contribution in [1.82, 2.24) is 15.0 Å². The summed E-state index contributed by atoms with van der Waals surface area (Å²) in [5, 5.41) is 20.3. The molecular formula is C28H32N4O5. The van der Waals surface area contributed by atoms with Crippen LogP contribution in [0.5, 0.6) is 0 Å². The van der Waals surface area contributed by atoms with Gasteiger partial charge in [-0.25, -0.2) is 9.48 Å². The van der Waals surface area contributed by atoms with Crippen molar-refractivity contribution in [2.24, 2.45) is 7.05 Å². The third kappa shape index (κ3) is 5.09. The first-order chi connectivity index (χ1) is 17.8. The molecule has 3 aliphatic rings. The van der Waals surface area contributed by atoms with E-state index in [-0.39, 0.29) is 17.4 Å². The van der Waals surface area contributed by atoms with Gasteiger partial charge in [-0.1, -0.05) is 59.8 Å². The number of hydrogen-bond donors (Lipinski definition) is 2. The number of amides is 1. The molecule has 1 unspecified atom stereocenters. The van der Waals surface area contributed by atoms with Crippen molar-refractivity contribution in [3.05, 3.63) is 65.7 Å². The monoisotopic (exact) mass is 504 g/mol. The van der Waals surface area contributed by atoms with Crippen LogP contribution in [-0.2, 0) is 26.7 Å². The Morgan fingerprint density at radius 2 is 1.81 bits per heavy atom. The first kappa shape index (κ1) is 25.0. The molecule has 37 heavy (non-hydrogen) atoms. The van der Waals surface area contributed by atoms with Crippen LogP contribution in [0.1, 0.15) is 62.7 Å². The molecule has 2 bridgehead atoms. The summed E-state index contributed by atoms with van der Waals surface area (Å²) in [7, 11) is 1.72. The van der Waals surface area contributed by atoms with Gasteiger partial charge in [0.1, 0.15) is 11.8 Å². The molecule has 0 radical (unpaired) electrons. The number of ether oxygens (including phenoxy) is 2. The lowest BCUT2D eigenvalue weighted by atomic mass is 9.62. The van der Waals surface area contributed by atoms with E-state index in [0.29, 0.717) is 24.5 Å². The number of aromatic nitrogens is 3. The molecule has 0 spiro atoms. The van der Waals surface area contributed by atoms with Crippen molar-refractivity contribution in [3.8, 4) is 11.3 Å². The first-order valence-electron chi connectivity index (χ1n) is 12.7. The molecular weight excluding hydrogens is 472 g/mol. The normalized spacial score (nSPS) is 23.4. The quantitative estimate of drug-likeness (QED) is 0.431. The minimum absolute atomic E-state index is 0.0513. The van der Waals surface area contributed by atoms with Crippen molar-refractivity contribution in [3.63, 3.8) is 0 Å². The smallest absolute Gasteiger partial charge is 0.413 e. The van der Waals surface area contributed by atoms with E-state index >= 15 is 0 Å². The highest BCUT2D eigenvalue weighted by molar-refractivity contribution is 5.88. The Morgan fingerprint density at radius 1 is 1.11 bits per heavy atom. The van der Waals surface area contributed by atoms with Crippen LogP contribution in [0.3, 0.4) is 0 Å². The number of benzene rings is 2. The SMILES string of the molecule is CC(OC(=O)Nc1c(-c2ccc(C34CCC(CCC(=O)O)(CC3)OC4)cc2)nnn1C)c1ccccc1. The van der Waals surface area contributed by atoms with E-state index in [0.717, 1.165) is 36.8 Å². The van der Waals surface area contributed by atoms with Gasteiger partial charge in [0.15, 0.2) is 5.82 Å². The van der Waals surface area contributed by atoms with Gasteiger partial charge in [0.05, 0.1) is 12.2 Å². The number of nitrogens with zero attached hydrogens (tertiary/aromatic N) is 3. The van der Waals surface area contributed by atoms with Gasteiger partial charge in [-0.15, -0.1) is 5.10 Å². The molecule has 3 fully saturated rings. The van der Waals surface area contributed by atoms with Crippen molar-refractivity contribution in [2.75, 3.05) is 11.9 Å². The van der Waals surface area contributed by atoms with Gasteiger partial charge in [-0.05, 0) is 50.2 Å². The Hall–Kier alpha value is -3.72. The minimum Gasteiger partial charge on any atom is -0.481 e. The van der Waals surface area contributed by atoms with Crippen LogP contribution < -0.4 is 5.32 Å². The molecule has 3 heterocycles. The van der Waals surface area contributed by atoms with Crippen molar-refractivity contribution < 1.29 is 24.2 Å². The van der Waals surface area contributed by atoms with Gasteiger partial charge >= 0.3 is 12.1 Å². The number of hydrogen-bond acceptors (Lipinski definition) is 6. The van der Waals surface area contributed by atoms with Crippen LogP contribution in [0.4, 0.5) is 10.6 Å². The Balaban J connectivity index is 1.27. The number of carbonyl (C=O) groups excluding carboxylic acids is 1. The van der Waals surface area contributed by atoms with Gasteiger partial charge < -0.3 is 14.6 Å². The van der Waals surface area contributed by atoms with Gasteiger partial charge in [0.2, 0.25) is 0 Å². The lowest BCUT2D eigenvalue weighted by molar-refractivity contribution is -0.165. The largest absolute Gasteiger partial charge is 0.481 e. The van der Waals surface area contributed by atoms with Gasteiger partial charge in [-0.2, -0.15) is 0 Å². The standard InChI is InChI=1S/C28H32N4O5/c1-19(20-6-4-3-5-7-20)37-26(35)29-25-24(30-31-32(25)2)21-8-10-22(11-9-21)27-14-16-28(17-15-27,36-18-27)13-12-23(33)34/h3-11,19H,12-18H2,1-2H3,(H,29,35)(H,33,34). The van der Waals surface area contributed by atoms with Crippen LogP contribution in [0.2, 0.25) is 0 Å². The number of anilines is 1. The topological polar surface area (TPSA) is 116 Å². The molecule has 194 valence electrons. The average Bonchev–Trinajstić information content (AvgIpc) is 3.28. The Labute approximate surface area is 215 Å². The number of carboxylic acids is 1. The fourth-order valence-corrected chi connectivity index (χ4v) is 5.55. The number of aryl methyl sites for hydroxylation is 1. The molecule has 6 rings (SSSR count). The maximum absolute atomic E-state index is 12.6. The van der Waals surface area contributed by atoms with Gasteiger partial charge in [0.25, 0.3) is 0 Å². The predicted molar refractivity (Wildman–Crippen MR) is 137 cm³/mol. The third-order valence-electron chi connectivity index (χ3n) is 7.94. The zero-order valence-electron chi connectivity index (χ0n) is 21.1. The highest BCUT2D eigenvalue weighted by Crippen LogP contribution is 2.52. The Bertz CT molecular complexity index is 1250. The molecule has 2 N–H and O–H groups in total. The van der Waals surface area contributed by atoms with Crippen LogP contribution in [0, 0.1) is 0 Å². The van der Waals surface area contributed by atoms with E-state index in [4.69, 9.17) is 14.6 Å². The highest BCUT2D eigenvalue weighted by Gasteiger charge is 2.50. The summed E-state index contributed by atoms with van der Waals surface area (Å²) >= 11 is 0. The summed E-state index contributed by atoms with van der Waals surface area (Å²) in [4.78, 5) is 23.7. The fraction of sp³-hybridized carbons (Fsp3) is 0.429.